The first-order chi connectivity index (χ1) is 27.8. The molecule has 0 aliphatic heterocycles. The quantitative estimate of drug-likeness (QED) is 0.171. The van der Waals surface area contributed by atoms with Gasteiger partial charge in [-0.1, -0.05) is 170 Å². The summed E-state index contributed by atoms with van der Waals surface area (Å²) < 4.78 is 4.95. The van der Waals surface area contributed by atoms with Gasteiger partial charge in [0.2, 0.25) is 0 Å². The first kappa shape index (κ1) is 32.2. The highest BCUT2D eigenvalue weighted by molar-refractivity contribution is 7.26. The van der Waals surface area contributed by atoms with Crippen LogP contribution in [0.25, 0.3) is 104 Å². The predicted octanol–water partition coefficient (Wildman–Crippen LogP) is 13.7. The van der Waals surface area contributed by atoms with Crippen LogP contribution in [0.4, 0.5) is 0 Å². The van der Waals surface area contributed by atoms with Crippen LogP contribution in [-0.2, 0) is 0 Å². The highest BCUT2D eigenvalue weighted by Gasteiger charge is 2.22. The molecule has 0 N–H and O–H groups in total. The molecule has 11 aromatic rings. The van der Waals surface area contributed by atoms with Crippen molar-refractivity contribution in [3.05, 3.63) is 194 Å². The van der Waals surface area contributed by atoms with Gasteiger partial charge in [0.15, 0.2) is 17.5 Å². The average molecular weight is 733 g/mol. The van der Waals surface area contributed by atoms with Crippen LogP contribution in [0.1, 0.15) is 0 Å². The number of hydrogen-bond acceptors (Lipinski definition) is 4. The fourth-order valence-corrected chi connectivity index (χ4v) is 9.26. The molecule has 56 heavy (non-hydrogen) atoms. The van der Waals surface area contributed by atoms with Crippen molar-refractivity contribution in [2.45, 2.75) is 0 Å². The Morgan fingerprint density at radius 3 is 1.59 bits per heavy atom. The minimum atomic E-state index is 0.624. The Morgan fingerprint density at radius 1 is 0.357 bits per heavy atom. The summed E-state index contributed by atoms with van der Waals surface area (Å²) in [6, 6.07) is 68.4. The fraction of sp³-hybridized carbons (Fsp3) is 0. The molecule has 4 nitrogen and oxygen atoms in total. The first-order valence-corrected chi connectivity index (χ1v) is 19.6. The summed E-state index contributed by atoms with van der Waals surface area (Å²) in [6.45, 7) is 0. The third kappa shape index (κ3) is 5.40. The third-order valence-electron chi connectivity index (χ3n) is 10.7. The molecular weight excluding hydrogens is 701 g/mol. The van der Waals surface area contributed by atoms with Crippen LogP contribution in [0.5, 0.6) is 0 Å². The Kier molecular flexibility index (Phi) is 7.64. The summed E-state index contributed by atoms with van der Waals surface area (Å²) in [7, 11) is 0. The Balaban J connectivity index is 1.14. The SMILES string of the molecule is c1ccc(-c2ccc(-c3nc(-c4ccccc4)nc(-c4ccccc4-n4c5ccccc5c5ccc6c7ccc(-c8ccccc8)cc7sc6c54)n3)cc2)cc1. The van der Waals surface area contributed by atoms with Crippen molar-refractivity contribution in [1.82, 2.24) is 19.5 Å². The molecule has 0 bridgehead atoms. The fourth-order valence-electron chi connectivity index (χ4n) is 7.98. The zero-order valence-corrected chi connectivity index (χ0v) is 31.0. The van der Waals surface area contributed by atoms with Crippen molar-refractivity contribution in [2.24, 2.45) is 0 Å². The lowest BCUT2D eigenvalue weighted by molar-refractivity contribution is 1.06. The maximum atomic E-state index is 5.24. The summed E-state index contributed by atoms with van der Waals surface area (Å²) in [6.07, 6.45) is 0. The molecule has 0 radical (unpaired) electrons. The molecule has 0 unspecified atom stereocenters. The molecule has 0 atom stereocenters. The number of fused-ring (bicyclic) bond motifs is 7. The summed E-state index contributed by atoms with van der Waals surface area (Å²) in [5.41, 5.74) is 10.9. The molecule has 0 spiro atoms. The third-order valence-corrected chi connectivity index (χ3v) is 11.9. The van der Waals surface area contributed by atoms with Gasteiger partial charge in [-0.2, -0.15) is 0 Å². The van der Waals surface area contributed by atoms with Gasteiger partial charge in [0.1, 0.15) is 0 Å². The Labute approximate surface area is 327 Å². The van der Waals surface area contributed by atoms with E-state index in [9.17, 15) is 0 Å². The van der Waals surface area contributed by atoms with Crippen LogP contribution in [0.2, 0.25) is 0 Å². The zero-order valence-electron chi connectivity index (χ0n) is 30.2. The van der Waals surface area contributed by atoms with E-state index in [0.717, 1.165) is 33.5 Å². The highest BCUT2D eigenvalue weighted by Crippen LogP contribution is 2.45. The van der Waals surface area contributed by atoms with Crippen molar-refractivity contribution in [3.8, 4) is 62.1 Å². The second-order valence-corrected chi connectivity index (χ2v) is 15.1. The lowest BCUT2D eigenvalue weighted by Crippen LogP contribution is -2.03. The molecule has 262 valence electrons. The van der Waals surface area contributed by atoms with E-state index in [4.69, 9.17) is 15.0 Å². The second-order valence-electron chi connectivity index (χ2n) is 14.0. The number of benzene rings is 8. The second kappa shape index (κ2) is 13.3. The van der Waals surface area contributed by atoms with Crippen molar-refractivity contribution in [2.75, 3.05) is 0 Å². The minimum Gasteiger partial charge on any atom is -0.307 e. The van der Waals surface area contributed by atoms with E-state index in [0.29, 0.717) is 17.5 Å². The van der Waals surface area contributed by atoms with Gasteiger partial charge in [0.05, 0.1) is 21.4 Å². The molecule has 3 heterocycles. The van der Waals surface area contributed by atoms with E-state index in [-0.39, 0.29) is 0 Å². The number of rotatable bonds is 6. The van der Waals surface area contributed by atoms with Crippen LogP contribution in [-0.4, -0.2) is 19.5 Å². The van der Waals surface area contributed by atoms with E-state index in [1.165, 1.54) is 53.2 Å². The highest BCUT2D eigenvalue weighted by atomic mass is 32.1. The van der Waals surface area contributed by atoms with Crippen LogP contribution >= 0.6 is 11.3 Å². The Bertz CT molecular complexity index is 3220. The maximum absolute atomic E-state index is 5.24. The van der Waals surface area contributed by atoms with Crippen LogP contribution in [0.15, 0.2) is 194 Å². The van der Waals surface area contributed by atoms with Gasteiger partial charge >= 0.3 is 0 Å². The number of thiophene rings is 1. The van der Waals surface area contributed by atoms with Crippen molar-refractivity contribution in [1.29, 1.82) is 0 Å². The number of hydrogen-bond donors (Lipinski definition) is 0. The zero-order chi connectivity index (χ0) is 37.0. The van der Waals surface area contributed by atoms with E-state index in [2.05, 4.69) is 174 Å². The molecular formula is C51H32N4S. The summed E-state index contributed by atoms with van der Waals surface area (Å²) in [5, 5.41) is 4.95. The largest absolute Gasteiger partial charge is 0.307 e. The molecule has 5 heteroatoms. The topological polar surface area (TPSA) is 43.6 Å². The molecule has 8 aromatic carbocycles. The summed E-state index contributed by atoms with van der Waals surface area (Å²) in [5.74, 6) is 1.89. The minimum absolute atomic E-state index is 0.624. The van der Waals surface area contributed by atoms with Crippen molar-refractivity contribution >= 4 is 53.3 Å². The van der Waals surface area contributed by atoms with E-state index < -0.39 is 0 Å². The smallest absolute Gasteiger partial charge is 0.166 e. The molecule has 0 aliphatic carbocycles. The molecule has 0 amide bonds. The molecule has 0 saturated heterocycles. The standard InChI is InChI=1S/C51H32N4S/c1-4-14-33(15-5-1)35-24-26-37(27-25-35)50-52-49(36-18-8-3-9-19-36)53-51(54-50)43-21-11-13-23-45(43)55-44-22-12-10-20-39(44)41-30-31-42-40-29-28-38(34-16-6-2-7-17-34)32-46(40)56-48(42)47(41)55/h1-32H. The van der Waals surface area contributed by atoms with Crippen LogP contribution < -0.4 is 0 Å². The number of nitrogens with zero attached hydrogens (tertiary/aromatic N) is 4. The van der Waals surface area contributed by atoms with Gasteiger partial charge in [-0.15, -0.1) is 11.3 Å². The van der Waals surface area contributed by atoms with Gasteiger partial charge in [0.25, 0.3) is 0 Å². The average Bonchev–Trinajstić information content (AvgIpc) is 3.83. The van der Waals surface area contributed by atoms with E-state index in [1.54, 1.807) is 0 Å². The molecule has 0 fully saturated rings. The van der Waals surface area contributed by atoms with Crippen molar-refractivity contribution in [3.63, 3.8) is 0 Å². The first-order valence-electron chi connectivity index (χ1n) is 18.8. The molecule has 0 saturated carbocycles. The molecule has 3 aromatic heterocycles. The van der Waals surface area contributed by atoms with Gasteiger partial charge in [0, 0.05) is 42.9 Å². The molecule has 0 aliphatic rings. The van der Waals surface area contributed by atoms with Gasteiger partial charge < -0.3 is 4.57 Å². The maximum Gasteiger partial charge on any atom is 0.166 e. The van der Waals surface area contributed by atoms with E-state index >= 15 is 0 Å². The monoisotopic (exact) mass is 732 g/mol. The lowest BCUT2D eigenvalue weighted by atomic mass is 10.0. The lowest BCUT2D eigenvalue weighted by Gasteiger charge is -2.15. The predicted molar refractivity (Wildman–Crippen MR) is 234 cm³/mol. The van der Waals surface area contributed by atoms with Crippen molar-refractivity contribution < 1.29 is 0 Å². The summed E-state index contributed by atoms with van der Waals surface area (Å²) >= 11 is 1.86. The van der Waals surface area contributed by atoms with E-state index in [1.807, 2.05) is 35.6 Å². The van der Waals surface area contributed by atoms with Crippen LogP contribution in [0, 0.1) is 0 Å². The van der Waals surface area contributed by atoms with Gasteiger partial charge in [-0.25, -0.2) is 15.0 Å². The number of aromatic nitrogens is 4. The number of para-hydroxylation sites is 2. The van der Waals surface area contributed by atoms with Gasteiger partial charge in [-0.05, 0) is 46.5 Å². The normalized spacial score (nSPS) is 11.6. The van der Waals surface area contributed by atoms with Gasteiger partial charge in [-0.3, -0.25) is 0 Å². The Morgan fingerprint density at radius 2 is 0.857 bits per heavy atom. The Hall–Kier alpha value is -7.21. The van der Waals surface area contributed by atoms with Crippen LogP contribution in [0.3, 0.4) is 0 Å². The summed E-state index contributed by atoms with van der Waals surface area (Å²) in [4.78, 5) is 15.5. The molecule has 11 rings (SSSR count).